The van der Waals surface area contributed by atoms with E-state index in [2.05, 4.69) is 43.0 Å². The van der Waals surface area contributed by atoms with Crippen molar-refractivity contribution in [1.29, 1.82) is 0 Å². The second kappa shape index (κ2) is 6.97. The third-order valence-electron chi connectivity index (χ3n) is 4.52. The zero-order chi connectivity index (χ0) is 15.4. The average molecular weight is 287 g/mol. The number of aromatic nitrogens is 2. The molecule has 1 saturated heterocycles. The van der Waals surface area contributed by atoms with Crippen molar-refractivity contribution in [3.05, 3.63) is 24.3 Å². The Morgan fingerprint density at radius 2 is 1.71 bits per heavy atom. The Bertz CT molecular complexity index is 563. The van der Waals surface area contributed by atoms with E-state index in [4.69, 9.17) is 5.10 Å². The largest absolute Gasteiger partial charge is 0.355 e. The molecule has 0 radical (unpaired) electrons. The first-order valence-corrected chi connectivity index (χ1v) is 8.33. The molecule has 3 rings (SSSR count). The van der Waals surface area contributed by atoms with Crippen molar-refractivity contribution in [2.24, 2.45) is 18.9 Å². The maximum atomic E-state index is 4.73. The quantitative estimate of drug-likeness (QED) is 0.812. The molecule has 0 atom stereocenters. The smallest absolute Gasteiger partial charge is 0.158 e. The number of hydrogen-bond acceptors (Lipinski definition) is 2. The van der Waals surface area contributed by atoms with Gasteiger partial charge in [0, 0.05) is 25.5 Å². The van der Waals surface area contributed by atoms with Gasteiger partial charge < -0.3 is 4.90 Å². The molecule has 3 heteroatoms. The summed E-state index contributed by atoms with van der Waals surface area (Å²) in [5.41, 5.74) is 1.23. The zero-order valence-corrected chi connectivity index (χ0v) is 14.1. The van der Waals surface area contributed by atoms with Crippen LogP contribution >= 0.6 is 0 Å². The first-order chi connectivity index (χ1) is 10.2. The monoisotopic (exact) mass is 287 g/mol. The number of aryl methyl sites for hydroxylation is 1. The van der Waals surface area contributed by atoms with Crippen LogP contribution in [0.1, 0.15) is 40.5 Å². The number of piperidine rings is 1. The molecule has 0 N–H and O–H groups in total. The molecule has 2 aromatic rings. The molecule has 21 heavy (non-hydrogen) atoms. The lowest BCUT2D eigenvalue weighted by molar-refractivity contribution is 0.310. The summed E-state index contributed by atoms with van der Waals surface area (Å²) in [7, 11) is 2.03. The Kier molecular flexibility index (Phi) is 5.27. The molecular formula is C18H29N3. The maximum absolute atomic E-state index is 4.73. The van der Waals surface area contributed by atoms with Crippen LogP contribution in [0.15, 0.2) is 24.3 Å². The molecule has 0 bridgehead atoms. The van der Waals surface area contributed by atoms with E-state index in [0.717, 1.165) is 24.9 Å². The molecule has 116 valence electrons. The van der Waals surface area contributed by atoms with E-state index in [1.807, 2.05) is 25.6 Å². The summed E-state index contributed by atoms with van der Waals surface area (Å²) >= 11 is 0. The van der Waals surface area contributed by atoms with Gasteiger partial charge in [0.15, 0.2) is 5.82 Å². The summed E-state index contributed by atoms with van der Waals surface area (Å²) in [6.45, 7) is 11.0. The van der Waals surface area contributed by atoms with Gasteiger partial charge in [-0.2, -0.15) is 5.10 Å². The lowest BCUT2D eigenvalue weighted by Gasteiger charge is -2.34. The number of fused-ring (bicyclic) bond motifs is 1. The van der Waals surface area contributed by atoms with Gasteiger partial charge in [0.2, 0.25) is 0 Å². The normalized spacial score (nSPS) is 16.2. The van der Waals surface area contributed by atoms with Crippen LogP contribution in [0.4, 0.5) is 5.82 Å². The lowest BCUT2D eigenvalue weighted by Crippen LogP contribution is -2.35. The van der Waals surface area contributed by atoms with E-state index >= 15 is 0 Å². The Morgan fingerprint density at radius 3 is 2.33 bits per heavy atom. The number of anilines is 1. The van der Waals surface area contributed by atoms with Crippen LogP contribution in [0.5, 0.6) is 0 Å². The number of nitrogens with zero attached hydrogens (tertiary/aromatic N) is 3. The highest BCUT2D eigenvalue weighted by Crippen LogP contribution is 2.31. The van der Waals surface area contributed by atoms with E-state index in [0.29, 0.717) is 0 Å². The molecule has 1 aromatic carbocycles. The third-order valence-corrected chi connectivity index (χ3v) is 4.52. The first kappa shape index (κ1) is 15.9. The van der Waals surface area contributed by atoms with Crippen LogP contribution in [0.3, 0.4) is 0 Å². The van der Waals surface area contributed by atoms with Crippen LogP contribution in [0, 0.1) is 11.8 Å². The van der Waals surface area contributed by atoms with Crippen molar-refractivity contribution < 1.29 is 0 Å². The summed E-state index contributed by atoms with van der Waals surface area (Å²) < 4.78 is 2.00. The SMILES string of the molecule is CC.CC(C)C1CCN(c2nn(C)c3ccccc23)CC1. The summed E-state index contributed by atoms with van der Waals surface area (Å²) in [5.74, 6) is 2.86. The molecule has 1 aliphatic heterocycles. The van der Waals surface area contributed by atoms with E-state index in [1.54, 1.807) is 0 Å². The van der Waals surface area contributed by atoms with Crippen molar-refractivity contribution in [3.8, 4) is 0 Å². The summed E-state index contributed by atoms with van der Waals surface area (Å²) in [5, 5.41) is 6.01. The van der Waals surface area contributed by atoms with Gasteiger partial charge >= 0.3 is 0 Å². The standard InChI is InChI=1S/C16H23N3.C2H6/c1-12(2)13-8-10-19(11-9-13)16-14-6-4-5-7-15(14)18(3)17-16;1-2/h4-7,12-13H,8-11H2,1-3H3;1-2H3. The number of rotatable bonds is 2. The van der Waals surface area contributed by atoms with Crippen LogP contribution < -0.4 is 4.90 Å². The molecule has 0 unspecified atom stereocenters. The molecule has 0 saturated carbocycles. The van der Waals surface area contributed by atoms with Crippen LogP contribution in [-0.4, -0.2) is 22.9 Å². The second-order valence-electron chi connectivity index (χ2n) is 6.03. The number of para-hydroxylation sites is 1. The summed E-state index contributed by atoms with van der Waals surface area (Å²) in [6, 6.07) is 8.52. The predicted molar refractivity (Wildman–Crippen MR) is 91.8 cm³/mol. The van der Waals surface area contributed by atoms with Gasteiger partial charge in [0.25, 0.3) is 0 Å². The fourth-order valence-electron chi connectivity index (χ4n) is 3.21. The van der Waals surface area contributed by atoms with Gasteiger partial charge in [-0.1, -0.05) is 39.8 Å². The highest BCUT2D eigenvalue weighted by molar-refractivity contribution is 5.90. The second-order valence-corrected chi connectivity index (χ2v) is 6.03. The Labute approximate surface area is 128 Å². The van der Waals surface area contributed by atoms with Gasteiger partial charge in [-0.25, -0.2) is 0 Å². The molecule has 3 nitrogen and oxygen atoms in total. The molecular weight excluding hydrogens is 258 g/mol. The maximum Gasteiger partial charge on any atom is 0.158 e. The van der Waals surface area contributed by atoms with Gasteiger partial charge in [-0.05, 0) is 36.8 Å². The molecule has 0 aliphatic carbocycles. The number of hydrogen-bond donors (Lipinski definition) is 0. The Hall–Kier alpha value is -1.51. The van der Waals surface area contributed by atoms with Crippen molar-refractivity contribution in [2.45, 2.75) is 40.5 Å². The van der Waals surface area contributed by atoms with E-state index < -0.39 is 0 Å². The molecule has 2 heterocycles. The Morgan fingerprint density at radius 1 is 1.10 bits per heavy atom. The average Bonchev–Trinajstić information content (AvgIpc) is 2.87. The van der Waals surface area contributed by atoms with Crippen LogP contribution in [0.2, 0.25) is 0 Å². The highest BCUT2D eigenvalue weighted by Gasteiger charge is 2.24. The van der Waals surface area contributed by atoms with Crippen molar-refractivity contribution in [1.82, 2.24) is 9.78 Å². The van der Waals surface area contributed by atoms with Gasteiger partial charge in [-0.3, -0.25) is 4.68 Å². The van der Waals surface area contributed by atoms with Crippen LogP contribution in [-0.2, 0) is 7.05 Å². The molecule has 1 aliphatic rings. The highest BCUT2D eigenvalue weighted by atomic mass is 15.3. The molecule has 0 spiro atoms. The minimum absolute atomic E-state index is 0.808. The minimum atomic E-state index is 0.808. The van der Waals surface area contributed by atoms with Gasteiger partial charge in [0.1, 0.15) is 0 Å². The Balaban J connectivity index is 0.000000774. The zero-order valence-electron chi connectivity index (χ0n) is 14.1. The fourth-order valence-corrected chi connectivity index (χ4v) is 3.21. The molecule has 1 fully saturated rings. The lowest BCUT2D eigenvalue weighted by atomic mass is 9.87. The van der Waals surface area contributed by atoms with Crippen molar-refractivity contribution in [2.75, 3.05) is 18.0 Å². The minimum Gasteiger partial charge on any atom is -0.355 e. The predicted octanol–water partition coefficient (Wildman–Crippen LogP) is 4.47. The number of benzene rings is 1. The summed E-state index contributed by atoms with van der Waals surface area (Å²) in [4.78, 5) is 2.46. The van der Waals surface area contributed by atoms with E-state index in [-0.39, 0.29) is 0 Å². The fraction of sp³-hybridized carbons (Fsp3) is 0.611. The van der Waals surface area contributed by atoms with Crippen LogP contribution in [0.25, 0.3) is 10.9 Å². The third kappa shape index (κ3) is 3.22. The van der Waals surface area contributed by atoms with E-state index in [1.165, 1.54) is 29.6 Å². The van der Waals surface area contributed by atoms with Gasteiger partial charge in [-0.15, -0.1) is 0 Å². The topological polar surface area (TPSA) is 21.1 Å². The van der Waals surface area contributed by atoms with Gasteiger partial charge in [0.05, 0.1) is 5.52 Å². The van der Waals surface area contributed by atoms with Crippen molar-refractivity contribution in [3.63, 3.8) is 0 Å². The molecule has 0 amide bonds. The first-order valence-electron chi connectivity index (χ1n) is 8.33. The van der Waals surface area contributed by atoms with Crippen molar-refractivity contribution >= 4 is 16.7 Å². The van der Waals surface area contributed by atoms with E-state index in [9.17, 15) is 0 Å². The summed E-state index contributed by atoms with van der Waals surface area (Å²) in [6.07, 6.45) is 2.59. The molecule has 1 aromatic heterocycles.